The Morgan fingerprint density at radius 2 is 1.58 bits per heavy atom. The molecular weight excluding hydrogens is 440 g/mol. The summed E-state index contributed by atoms with van der Waals surface area (Å²) in [5.74, 6) is 0.963. The lowest BCUT2D eigenvalue weighted by Gasteiger charge is -2.21. The predicted molar refractivity (Wildman–Crippen MR) is 129 cm³/mol. The van der Waals surface area contributed by atoms with Crippen molar-refractivity contribution >= 4 is 21.6 Å². The fourth-order valence-electron chi connectivity index (χ4n) is 3.40. The van der Waals surface area contributed by atoms with Gasteiger partial charge < -0.3 is 14.8 Å². The third-order valence-corrected chi connectivity index (χ3v) is 7.03. The molecule has 7 nitrogen and oxygen atoms in total. The van der Waals surface area contributed by atoms with Crippen molar-refractivity contribution in [3.63, 3.8) is 0 Å². The third-order valence-electron chi connectivity index (χ3n) is 5.24. The monoisotopic (exact) mass is 468 g/mol. The molecule has 0 aromatic heterocycles. The Hall–Kier alpha value is -3.52. The van der Waals surface area contributed by atoms with E-state index in [1.807, 2.05) is 32.0 Å². The van der Waals surface area contributed by atoms with Crippen LogP contribution in [0.15, 0.2) is 71.6 Å². The number of anilines is 1. The highest BCUT2D eigenvalue weighted by atomic mass is 32.2. The molecule has 33 heavy (non-hydrogen) atoms. The molecule has 0 aliphatic rings. The molecule has 3 aromatic rings. The minimum absolute atomic E-state index is 0.0748. The molecule has 1 amide bonds. The molecule has 3 aromatic carbocycles. The summed E-state index contributed by atoms with van der Waals surface area (Å²) >= 11 is 0. The number of hydrogen-bond acceptors (Lipinski definition) is 5. The molecule has 0 fully saturated rings. The fourth-order valence-corrected chi connectivity index (χ4v) is 4.61. The quantitative estimate of drug-likeness (QED) is 0.481. The van der Waals surface area contributed by atoms with E-state index in [2.05, 4.69) is 5.32 Å². The second-order valence-corrected chi connectivity index (χ2v) is 9.46. The zero-order valence-corrected chi connectivity index (χ0v) is 20.0. The summed E-state index contributed by atoms with van der Waals surface area (Å²) in [5.41, 5.74) is 2.86. The van der Waals surface area contributed by atoms with Gasteiger partial charge in [0.15, 0.2) is 0 Å². The van der Waals surface area contributed by atoms with Gasteiger partial charge in [-0.2, -0.15) is 0 Å². The molecule has 3 rings (SSSR count). The zero-order chi connectivity index (χ0) is 24.0. The first-order valence-corrected chi connectivity index (χ1v) is 11.9. The van der Waals surface area contributed by atoms with Crippen LogP contribution in [-0.2, 0) is 10.0 Å². The van der Waals surface area contributed by atoms with Gasteiger partial charge in [0.05, 0.1) is 24.2 Å². The number of sulfonamides is 1. The minimum atomic E-state index is -3.83. The van der Waals surface area contributed by atoms with Gasteiger partial charge in [0.25, 0.3) is 15.9 Å². The molecule has 0 bridgehead atoms. The lowest BCUT2D eigenvalue weighted by atomic mass is 10.1. The Morgan fingerprint density at radius 3 is 2.21 bits per heavy atom. The first-order valence-electron chi connectivity index (χ1n) is 10.4. The second kappa shape index (κ2) is 10.4. The largest absolute Gasteiger partial charge is 0.495 e. The Morgan fingerprint density at radius 1 is 0.939 bits per heavy atom. The van der Waals surface area contributed by atoms with Gasteiger partial charge >= 0.3 is 0 Å². The molecule has 0 heterocycles. The van der Waals surface area contributed by atoms with E-state index >= 15 is 0 Å². The van der Waals surface area contributed by atoms with E-state index in [1.54, 1.807) is 24.3 Å². The van der Waals surface area contributed by atoms with Crippen molar-refractivity contribution in [3.05, 3.63) is 83.4 Å². The van der Waals surface area contributed by atoms with Gasteiger partial charge in [-0.25, -0.2) is 8.42 Å². The predicted octanol–water partition coefficient (Wildman–Crippen LogP) is 3.95. The van der Waals surface area contributed by atoms with E-state index < -0.39 is 10.0 Å². The van der Waals surface area contributed by atoms with Crippen LogP contribution in [0.3, 0.4) is 0 Å². The van der Waals surface area contributed by atoms with Gasteiger partial charge in [0, 0.05) is 12.6 Å². The van der Waals surface area contributed by atoms with Crippen molar-refractivity contribution in [3.8, 4) is 11.5 Å². The van der Waals surface area contributed by atoms with Gasteiger partial charge in [0.2, 0.25) is 0 Å². The number of benzene rings is 3. The molecule has 0 saturated carbocycles. The maximum absolute atomic E-state index is 13.0. The van der Waals surface area contributed by atoms with Crippen LogP contribution in [0.5, 0.6) is 11.5 Å². The SMILES string of the molecule is COc1ccccc1N(C)S(=O)(=O)c1ccc(C(=O)NCCOc2c(C)cccc2C)cc1. The highest BCUT2D eigenvalue weighted by Gasteiger charge is 2.23. The van der Waals surface area contributed by atoms with Crippen LogP contribution >= 0.6 is 0 Å². The van der Waals surface area contributed by atoms with Crippen molar-refractivity contribution in [2.24, 2.45) is 0 Å². The smallest absolute Gasteiger partial charge is 0.264 e. The summed E-state index contributed by atoms with van der Waals surface area (Å²) in [6, 6.07) is 18.6. The fraction of sp³-hybridized carbons (Fsp3) is 0.240. The number of para-hydroxylation sites is 3. The van der Waals surface area contributed by atoms with E-state index in [0.29, 0.717) is 30.2 Å². The number of carbonyl (C=O) groups is 1. The number of hydrogen-bond donors (Lipinski definition) is 1. The number of nitrogens with one attached hydrogen (secondary N) is 1. The average Bonchev–Trinajstić information content (AvgIpc) is 2.82. The topological polar surface area (TPSA) is 84.9 Å². The first kappa shape index (κ1) is 24.1. The van der Waals surface area contributed by atoms with E-state index in [9.17, 15) is 13.2 Å². The molecule has 0 unspecified atom stereocenters. The third kappa shape index (κ3) is 5.46. The lowest BCUT2D eigenvalue weighted by molar-refractivity contribution is 0.0947. The van der Waals surface area contributed by atoms with Crippen molar-refractivity contribution in [2.75, 3.05) is 31.6 Å². The van der Waals surface area contributed by atoms with Gasteiger partial charge in [-0.1, -0.05) is 30.3 Å². The highest BCUT2D eigenvalue weighted by molar-refractivity contribution is 7.92. The molecule has 0 aliphatic carbocycles. The summed E-state index contributed by atoms with van der Waals surface area (Å²) in [7, 11) is -0.877. The van der Waals surface area contributed by atoms with Gasteiger partial charge in [-0.05, 0) is 61.4 Å². The normalized spacial score (nSPS) is 11.0. The van der Waals surface area contributed by atoms with E-state index in [-0.39, 0.29) is 10.8 Å². The molecule has 0 aliphatic heterocycles. The molecular formula is C25H28N2O5S. The molecule has 0 atom stereocenters. The maximum Gasteiger partial charge on any atom is 0.264 e. The Kier molecular flexibility index (Phi) is 7.60. The molecule has 8 heteroatoms. The summed E-state index contributed by atoms with van der Waals surface area (Å²) in [6.07, 6.45) is 0. The molecule has 0 saturated heterocycles. The van der Waals surface area contributed by atoms with Crippen molar-refractivity contribution in [2.45, 2.75) is 18.7 Å². The standard InChI is InChI=1S/C25H28N2O5S/c1-18-8-7-9-19(2)24(18)32-17-16-26-25(28)20-12-14-21(15-13-20)33(29,30)27(3)22-10-5-6-11-23(22)31-4/h5-15H,16-17H2,1-4H3,(H,26,28). The van der Waals surface area contributed by atoms with E-state index in [4.69, 9.17) is 9.47 Å². The van der Waals surface area contributed by atoms with Crippen LogP contribution in [0.1, 0.15) is 21.5 Å². The Balaban J connectivity index is 1.62. The molecule has 0 radical (unpaired) electrons. The van der Waals surface area contributed by atoms with Crippen LogP contribution in [0.25, 0.3) is 0 Å². The highest BCUT2D eigenvalue weighted by Crippen LogP contribution is 2.30. The number of amides is 1. The Labute approximate surface area is 195 Å². The number of rotatable bonds is 9. The van der Waals surface area contributed by atoms with Gasteiger partial charge in [-0.3, -0.25) is 9.10 Å². The van der Waals surface area contributed by atoms with E-state index in [0.717, 1.165) is 21.2 Å². The number of aryl methyl sites for hydroxylation is 2. The van der Waals surface area contributed by atoms with E-state index in [1.165, 1.54) is 38.4 Å². The first-order chi connectivity index (χ1) is 15.8. The number of carbonyl (C=O) groups excluding carboxylic acids is 1. The summed E-state index contributed by atoms with van der Waals surface area (Å²) < 4.78 is 38.3. The van der Waals surface area contributed by atoms with Crippen molar-refractivity contribution in [1.82, 2.24) is 5.32 Å². The Bertz CT molecular complexity index is 1200. The molecule has 1 N–H and O–H groups in total. The maximum atomic E-state index is 13.0. The summed E-state index contributed by atoms with van der Waals surface area (Å²) in [5, 5.41) is 2.79. The van der Waals surface area contributed by atoms with Crippen LogP contribution in [0.4, 0.5) is 5.69 Å². The second-order valence-electron chi connectivity index (χ2n) is 7.49. The molecule has 0 spiro atoms. The van der Waals surface area contributed by atoms with Crippen LogP contribution in [0, 0.1) is 13.8 Å². The van der Waals surface area contributed by atoms with Gasteiger partial charge in [-0.15, -0.1) is 0 Å². The van der Waals surface area contributed by atoms with Crippen LogP contribution < -0.4 is 19.1 Å². The van der Waals surface area contributed by atoms with Crippen molar-refractivity contribution in [1.29, 1.82) is 0 Å². The minimum Gasteiger partial charge on any atom is -0.495 e. The number of nitrogens with zero attached hydrogens (tertiary/aromatic N) is 1. The molecule has 174 valence electrons. The summed E-state index contributed by atoms with van der Waals surface area (Å²) in [4.78, 5) is 12.5. The van der Waals surface area contributed by atoms with Crippen LogP contribution in [0.2, 0.25) is 0 Å². The zero-order valence-electron chi connectivity index (χ0n) is 19.2. The van der Waals surface area contributed by atoms with Crippen LogP contribution in [-0.4, -0.2) is 41.6 Å². The average molecular weight is 469 g/mol. The number of ether oxygens (including phenoxy) is 2. The lowest BCUT2D eigenvalue weighted by Crippen LogP contribution is -2.29. The number of methoxy groups -OCH3 is 1. The van der Waals surface area contributed by atoms with Crippen molar-refractivity contribution < 1.29 is 22.7 Å². The van der Waals surface area contributed by atoms with Gasteiger partial charge in [0.1, 0.15) is 18.1 Å². The summed E-state index contributed by atoms with van der Waals surface area (Å²) in [6.45, 7) is 4.60.